The number of hydrogen-bond acceptors (Lipinski definition) is 5. The molecule has 11 heteroatoms. The van der Waals surface area contributed by atoms with Crippen molar-refractivity contribution in [2.45, 2.75) is 0 Å². The number of guanidine groups is 2. The summed E-state index contributed by atoms with van der Waals surface area (Å²) < 4.78 is 21.0. The molecule has 0 aromatic rings. The Hall–Kier alpha value is -2.17. The molecule has 0 saturated carbocycles. The maximum Gasteiger partial charge on any atom is 0.353 e. The quantitative estimate of drug-likeness (QED) is 0.247. The van der Waals surface area contributed by atoms with Crippen LogP contribution in [-0.2, 0) is 10.5 Å². The summed E-state index contributed by atoms with van der Waals surface area (Å²) in [5.41, 5.74) is 9.23. The van der Waals surface area contributed by atoms with Crippen LogP contribution in [0.4, 0.5) is 4.79 Å². The van der Waals surface area contributed by atoms with Crippen LogP contribution < -0.4 is 16.8 Å². The Bertz CT molecular complexity index is 390. The molecule has 92 valence electrons. The summed E-state index contributed by atoms with van der Waals surface area (Å²) in [4.78, 5) is 11.0. The number of amides is 2. The Morgan fingerprint density at radius 2 is 1.75 bits per heavy atom. The molecule has 0 aliphatic rings. The molecule has 0 spiro atoms. The Kier molecular flexibility index (Phi) is 8.30. The number of nitrogens with one attached hydrogen (secondary N) is 3. The molecule has 0 aromatic heterocycles. The van der Waals surface area contributed by atoms with E-state index in [2.05, 4.69) is 15.4 Å². The highest BCUT2D eigenvalue weighted by molar-refractivity contribution is 7.62. The predicted octanol–water partition coefficient (Wildman–Crippen LogP) is -1.91. The number of hydrogen-bond donors (Lipinski definition) is 5. The zero-order chi connectivity index (χ0) is 13.3. The van der Waals surface area contributed by atoms with Gasteiger partial charge in [0.2, 0.25) is 0 Å². The fourth-order valence-corrected chi connectivity index (χ4v) is 0.460. The van der Waals surface area contributed by atoms with Gasteiger partial charge in [-0.3, -0.25) is 16.1 Å². The first-order valence-electron chi connectivity index (χ1n) is 3.64. The van der Waals surface area contributed by atoms with Gasteiger partial charge in [0.15, 0.2) is 11.9 Å². The van der Waals surface area contributed by atoms with Crippen molar-refractivity contribution >= 4 is 28.5 Å². The van der Waals surface area contributed by atoms with Gasteiger partial charge in [-0.2, -0.15) is 8.42 Å². The number of nitrogens with zero attached hydrogens (tertiary/aromatic N) is 2. The van der Waals surface area contributed by atoms with Crippen molar-refractivity contribution in [3.05, 3.63) is 0 Å². The third kappa shape index (κ3) is 14.4. The highest BCUT2D eigenvalue weighted by atomic mass is 32.2. The smallest absolute Gasteiger partial charge is 0.353 e. The summed E-state index contributed by atoms with van der Waals surface area (Å²) in [6.45, 7) is 0. The third-order valence-electron chi connectivity index (χ3n) is 0.865. The fraction of sp³-hybridized carbons (Fsp3) is 0.400. The van der Waals surface area contributed by atoms with Crippen LogP contribution in [0.2, 0.25) is 0 Å². The predicted molar refractivity (Wildman–Crippen MR) is 57.4 cm³/mol. The molecule has 0 rings (SSSR count). The van der Waals surface area contributed by atoms with Crippen molar-refractivity contribution in [3.8, 4) is 0 Å². The first kappa shape index (κ1) is 16.3. The SMILES string of the molecule is CN(C)C(=N)NC(=N)N.NC(=O)N=S(=O)=O. The minimum absolute atomic E-state index is 0.113. The van der Waals surface area contributed by atoms with E-state index >= 15 is 0 Å². The number of primary amides is 1. The van der Waals surface area contributed by atoms with Crippen molar-refractivity contribution in [2.75, 3.05) is 14.1 Å². The number of carbonyl (C=O) groups is 1. The Balaban J connectivity index is 0. The zero-order valence-corrected chi connectivity index (χ0v) is 9.50. The molecule has 0 atom stereocenters. The number of nitrogens with two attached hydrogens (primary N) is 2. The third-order valence-corrected chi connectivity index (χ3v) is 1.19. The molecule has 0 aliphatic heterocycles. The molecule has 7 N–H and O–H groups in total. The van der Waals surface area contributed by atoms with E-state index in [0.29, 0.717) is 0 Å². The molecular formula is C5H13N7O3S. The molecule has 0 aliphatic carbocycles. The Morgan fingerprint density at radius 1 is 1.31 bits per heavy atom. The largest absolute Gasteiger partial charge is 0.370 e. The summed E-state index contributed by atoms with van der Waals surface area (Å²) >= 11 is 0. The van der Waals surface area contributed by atoms with E-state index in [4.69, 9.17) is 16.6 Å². The molecule has 16 heavy (non-hydrogen) atoms. The summed E-state index contributed by atoms with van der Waals surface area (Å²) in [5.74, 6) is -0.101. The number of urea groups is 1. The summed E-state index contributed by atoms with van der Waals surface area (Å²) in [7, 11) is 0.690. The maximum atomic E-state index is 9.47. The molecule has 0 fully saturated rings. The normalized spacial score (nSPS) is 7.88. The first-order chi connectivity index (χ1) is 7.16. The van der Waals surface area contributed by atoms with Gasteiger partial charge < -0.3 is 16.4 Å². The summed E-state index contributed by atoms with van der Waals surface area (Å²) in [6.07, 6.45) is 0. The highest BCUT2D eigenvalue weighted by Crippen LogP contribution is 1.70. The van der Waals surface area contributed by atoms with Gasteiger partial charge in [0.1, 0.15) is 0 Å². The van der Waals surface area contributed by atoms with Crippen LogP contribution in [0.5, 0.6) is 0 Å². The first-order valence-corrected chi connectivity index (χ1v) is 4.67. The van der Waals surface area contributed by atoms with Gasteiger partial charge in [-0.25, -0.2) is 4.79 Å². The molecule has 0 unspecified atom stereocenters. The van der Waals surface area contributed by atoms with Crippen molar-refractivity contribution in [1.82, 2.24) is 10.2 Å². The second-order valence-electron chi connectivity index (χ2n) is 2.43. The molecule has 0 saturated heterocycles. The molecule has 2 amide bonds. The van der Waals surface area contributed by atoms with E-state index < -0.39 is 16.5 Å². The molecule has 0 radical (unpaired) electrons. The van der Waals surface area contributed by atoms with Crippen LogP contribution >= 0.6 is 0 Å². The molecule has 0 bridgehead atoms. The van der Waals surface area contributed by atoms with E-state index in [1.807, 2.05) is 0 Å². The number of rotatable bonds is 0. The van der Waals surface area contributed by atoms with Gasteiger partial charge in [0, 0.05) is 14.1 Å². The standard InChI is InChI=1S/C4H11N5.CH2N2O3S/c1-9(2)4(7)8-3(5)6;2-1(4)3-7(5)6/h1-2H3,(H5,5,6,7,8);(H2,2,4). The molecule has 10 nitrogen and oxygen atoms in total. The average molecular weight is 251 g/mol. The van der Waals surface area contributed by atoms with E-state index in [1.54, 1.807) is 14.1 Å². The highest BCUT2D eigenvalue weighted by Gasteiger charge is 1.96. The minimum Gasteiger partial charge on any atom is -0.370 e. The van der Waals surface area contributed by atoms with Crippen LogP contribution in [0.3, 0.4) is 0 Å². The van der Waals surface area contributed by atoms with Gasteiger partial charge in [-0.05, 0) is 0 Å². The second-order valence-corrected chi connectivity index (χ2v) is 3.05. The summed E-state index contributed by atoms with van der Waals surface area (Å²) in [6, 6.07) is -1.20. The van der Waals surface area contributed by atoms with Crippen molar-refractivity contribution in [3.63, 3.8) is 0 Å². The zero-order valence-electron chi connectivity index (χ0n) is 8.68. The van der Waals surface area contributed by atoms with Gasteiger partial charge in [0.05, 0.1) is 0 Å². The van der Waals surface area contributed by atoms with Crippen LogP contribution in [0.25, 0.3) is 0 Å². The monoisotopic (exact) mass is 251 g/mol. The number of carbonyl (C=O) groups excluding carboxylic acids is 1. The lowest BCUT2D eigenvalue weighted by Gasteiger charge is -2.13. The van der Waals surface area contributed by atoms with E-state index in [1.165, 1.54) is 4.90 Å². The maximum absolute atomic E-state index is 9.47. The molecule has 0 aromatic carbocycles. The van der Waals surface area contributed by atoms with Crippen LogP contribution in [-0.4, -0.2) is 45.4 Å². The van der Waals surface area contributed by atoms with Crippen molar-refractivity contribution in [2.24, 2.45) is 15.8 Å². The van der Waals surface area contributed by atoms with E-state index in [-0.39, 0.29) is 11.9 Å². The topological polar surface area (TPSA) is 179 Å². The van der Waals surface area contributed by atoms with Gasteiger partial charge in [-0.15, -0.1) is 0 Å². The van der Waals surface area contributed by atoms with Gasteiger partial charge in [-0.1, -0.05) is 4.36 Å². The van der Waals surface area contributed by atoms with Gasteiger partial charge in [0.25, 0.3) is 0 Å². The van der Waals surface area contributed by atoms with Crippen molar-refractivity contribution in [1.29, 1.82) is 10.8 Å². The Labute approximate surface area is 93.3 Å². The van der Waals surface area contributed by atoms with E-state index in [9.17, 15) is 13.2 Å². The summed E-state index contributed by atoms with van der Waals surface area (Å²) in [5, 5.41) is 16.1. The van der Waals surface area contributed by atoms with Gasteiger partial charge >= 0.3 is 16.5 Å². The lowest BCUT2D eigenvalue weighted by molar-refractivity contribution is 0.257. The van der Waals surface area contributed by atoms with Crippen LogP contribution in [0.1, 0.15) is 0 Å². The van der Waals surface area contributed by atoms with Crippen molar-refractivity contribution < 1.29 is 13.2 Å². The lowest BCUT2D eigenvalue weighted by atomic mass is 10.8. The fourth-order valence-electron chi connectivity index (χ4n) is 0.313. The van der Waals surface area contributed by atoms with E-state index in [0.717, 1.165) is 0 Å². The minimum atomic E-state index is -2.70. The molecule has 0 heterocycles. The average Bonchev–Trinajstić information content (AvgIpc) is 2.00. The van der Waals surface area contributed by atoms with Crippen LogP contribution in [0.15, 0.2) is 4.36 Å². The second kappa shape index (κ2) is 8.16. The lowest BCUT2D eigenvalue weighted by Crippen LogP contribution is -2.42. The van der Waals surface area contributed by atoms with Crippen LogP contribution in [0, 0.1) is 10.8 Å². The Morgan fingerprint density at radius 3 is 1.81 bits per heavy atom. The molecular weight excluding hydrogens is 238 g/mol.